The number of hydrogen-bond acceptors (Lipinski definition) is 3. The standard InChI is InChI=1S/C16H17Cl2N3O3/c1-10(13-5-4-11(17)7-14(13)18)19-9-15(22)21-16(23)20-8-12-3-2-6-24-12/h2-7,10,19H,8-9H2,1H3,(H2,20,21,22,23)/p+1/t10-/m0/s1. The number of carbonyl (C=O) groups is 2. The highest BCUT2D eigenvalue weighted by molar-refractivity contribution is 6.35. The summed E-state index contributed by atoms with van der Waals surface area (Å²) >= 11 is 12.0. The van der Waals surface area contributed by atoms with Gasteiger partial charge in [-0.2, -0.15) is 0 Å². The first kappa shape index (κ1) is 18.3. The number of urea groups is 1. The Morgan fingerprint density at radius 1 is 1.29 bits per heavy atom. The zero-order valence-corrected chi connectivity index (χ0v) is 14.5. The second kappa shape index (κ2) is 8.73. The van der Waals surface area contributed by atoms with E-state index in [4.69, 9.17) is 27.6 Å². The Morgan fingerprint density at radius 3 is 2.75 bits per heavy atom. The summed E-state index contributed by atoms with van der Waals surface area (Å²) in [6.45, 7) is 2.22. The molecule has 0 bridgehead atoms. The summed E-state index contributed by atoms with van der Waals surface area (Å²) in [6.07, 6.45) is 1.51. The topological polar surface area (TPSA) is 88.0 Å². The zero-order chi connectivity index (χ0) is 17.5. The van der Waals surface area contributed by atoms with Gasteiger partial charge in [0.15, 0.2) is 6.54 Å². The SMILES string of the molecule is C[C@H]([NH2+]CC(=O)NC(=O)NCc1ccco1)c1ccc(Cl)cc1Cl. The van der Waals surface area contributed by atoms with Crippen molar-refractivity contribution in [1.82, 2.24) is 10.6 Å². The minimum Gasteiger partial charge on any atom is -0.467 e. The lowest BCUT2D eigenvalue weighted by Gasteiger charge is -2.12. The molecule has 1 aromatic heterocycles. The summed E-state index contributed by atoms with van der Waals surface area (Å²) in [5.74, 6) is 0.207. The van der Waals surface area contributed by atoms with Crippen molar-refractivity contribution in [3.63, 3.8) is 0 Å². The molecule has 4 N–H and O–H groups in total. The van der Waals surface area contributed by atoms with E-state index >= 15 is 0 Å². The summed E-state index contributed by atoms with van der Waals surface area (Å²) in [7, 11) is 0. The van der Waals surface area contributed by atoms with Crippen LogP contribution >= 0.6 is 23.2 Å². The van der Waals surface area contributed by atoms with E-state index in [1.54, 1.807) is 29.6 Å². The second-order valence-corrected chi connectivity index (χ2v) is 6.05. The number of imide groups is 1. The molecule has 0 spiro atoms. The van der Waals surface area contributed by atoms with Crippen molar-refractivity contribution in [1.29, 1.82) is 0 Å². The number of nitrogens with two attached hydrogens (primary N) is 1. The van der Waals surface area contributed by atoms with E-state index in [9.17, 15) is 9.59 Å². The quantitative estimate of drug-likeness (QED) is 0.728. The number of benzene rings is 1. The Morgan fingerprint density at radius 2 is 2.08 bits per heavy atom. The number of amides is 3. The van der Waals surface area contributed by atoms with Crippen LogP contribution in [0.5, 0.6) is 0 Å². The normalized spacial score (nSPS) is 11.8. The number of nitrogens with one attached hydrogen (secondary N) is 2. The molecule has 2 aromatic rings. The van der Waals surface area contributed by atoms with Crippen LogP contribution < -0.4 is 16.0 Å². The summed E-state index contributed by atoms with van der Waals surface area (Å²) in [4.78, 5) is 23.4. The molecule has 0 fully saturated rings. The van der Waals surface area contributed by atoms with Crippen LogP contribution in [0, 0.1) is 0 Å². The van der Waals surface area contributed by atoms with Gasteiger partial charge in [0, 0.05) is 10.6 Å². The van der Waals surface area contributed by atoms with Gasteiger partial charge in [-0.3, -0.25) is 10.1 Å². The molecule has 128 valence electrons. The third kappa shape index (κ3) is 5.56. The van der Waals surface area contributed by atoms with Crippen LogP contribution in [0.25, 0.3) is 0 Å². The van der Waals surface area contributed by atoms with Gasteiger partial charge in [-0.15, -0.1) is 0 Å². The van der Waals surface area contributed by atoms with Crippen LogP contribution in [0.4, 0.5) is 4.79 Å². The molecule has 6 nitrogen and oxygen atoms in total. The van der Waals surface area contributed by atoms with Crippen molar-refractivity contribution in [2.45, 2.75) is 19.5 Å². The first-order chi connectivity index (χ1) is 11.5. The van der Waals surface area contributed by atoms with E-state index in [2.05, 4.69) is 10.6 Å². The van der Waals surface area contributed by atoms with Crippen LogP contribution in [-0.4, -0.2) is 18.5 Å². The van der Waals surface area contributed by atoms with Crippen LogP contribution in [0.3, 0.4) is 0 Å². The van der Waals surface area contributed by atoms with Gasteiger partial charge >= 0.3 is 6.03 Å². The summed E-state index contributed by atoms with van der Waals surface area (Å²) < 4.78 is 5.08. The van der Waals surface area contributed by atoms with Crippen molar-refractivity contribution >= 4 is 35.1 Å². The molecule has 8 heteroatoms. The Labute approximate surface area is 149 Å². The Bertz CT molecular complexity index is 705. The van der Waals surface area contributed by atoms with Crippen LogP contribution in [-0.2, 0) is 11.3 Å². The molecule has 24 heavy (non-hydrogen) atoms. The molecule has 0 aliphatic heterocycles. The van der Waals surface area contributed by atoms with Crippen molar-refractivity contribution in [2.75, 3.05) is 6.54 Å². The molecule has 0 radical (unpaired) electrons. The van der Waals surface area contributed by atoms with Gasteiger partial charge in [-0.05, 0) is 31.2 Å². The van der Waals surface area contributed by atoms with E-state index in [0.717, 1.165) is 5.56 Å². The smallest absolute Gasteiger partial charge is 0.321 e. The van der Waals surface area contributed by atoms with Gasteiger partial charge in [-0.25, -0.2) is 4.79 Å². The maximum atomic E-state index is 11.8. The van der Waals surface area contributed by atoms with Crippen LogP contribution in [0.1, 0.15) is 24.3 Å². The average molecular weight is 371 g/mol. The number of halogens is 2. The number of carbonyl (C=O) groups excluding carboxylic acids is 2. The molecule has 1 atom stereocenters. The highest BCUT2D eigenvalue weighted by atomic mass is 35.5. The Balaban J connectivity index is 1.74. The molecule has 0 aliphatic rings. The molecule has 0 saturated carbocycles. The van der Waals surface area contributed by atoms with Gasteiger partial charge in [0.25, 0.3) is 5.91 Å². The van der Waals surface area contributed by atoms with Gasteiger partial charge in [0.1, 0.15) is 11.8 Å². The predicted octanol–water partition coefficient (Wildman–Crippen LogP) is 2.24. The lowest BCUT2D eigenvalue weighted by molar-refractivity contribution is -0.682. The predicted molar refractivity (Wildman–Crippen MR) is 90.8 cm³/mol. The second-order valence-electron chi connectivity index (χ2n) is 5.20. The number of furan rings is 1. The van der Waals surface area contributed by atoms with E-state index in [1.807, 2.05) is 13.0 Å². The molecule has 0 aliphatic carbocycles. The van der Waals surface area contributed by atoms with Gasteiger partial charge in [-0.1, -0.05) is 29.3 Å². The monoisotopic (exact) mass is 370 g/mol. The molecular weight excluding hydrogens is 353 g/mol. The van der Waals surface area contributed by atoms with Crippen molar-refractivity contribution in [3.8, 4) is 0 Å². The van der Waals surface area contributed by atoms with Crippen LogP contribution in [0.2, 0.25) is 10.0 Å². The van der Waals surface area contributed by atoms with E-state index in [0.29, 0.717) is 15.8 Å². The summed E-state index contributed by atoms with van der Waals surface area (Å²) in [5, 5.41) is 7.68. The maximum absolute atomic E-state index is 11.8. The van der Waals surface area contributed by atoms with E-state index in [-0.39, 0.29) is 19.1 Å². The molecular formula is C16H18Cl2N3O3+. The van der Waals surface area contributed by atoms with Gasteiger partial charge in [0.2, 0.25) is 0 Å². The Hall–Kier alpha value is -2.02. The highest BCUT2D eigenvalue weighted by Crippen LogP contribution is 2.24. The molecule has 0 saturated heterocycles. The minimum absolute atomic E-state index is 0.0494. The fourth-order valence-electron chi connectivity index (χ4n) is 2.08. The number of quaternary nitrogens is 1. The lowest BCUT2D eigenvalue weighted by Crippen LogP contribution is -2.87. The number of hydrogen-bond donors (Lipinski definition) is 3. The molecule has 1 aromatic carbocycles. The van der Waals surface area contributed by atoms with Crippen LogP contribution in [0.15, 0.2) is 41.0 Å². The third-order valence-corrected chi connectivity index (χ3v) is 3.93. The van der Waals surface area contributed by atoms with Gasteiger partial charge in [0.05, 0.1) is 17.8 Å². The van der Waals surface area contributed by atoms with E-state index in [1.165, 1.54) is 6.26 Å². The fourth-order valence-corrected chi connectivity index (χ4v) is 2.66. The fraction of sp³-hybridized carbons (Fsp3) is 0.250. The first-order valence-corrected chi connectivity index (χ1v) is 8.09. The summed E-state index contributed by atoms with van der Waals surface area (Å²) in [5.41, 5.74) is 0.871. The van der Waals surface area contributed by atoms with Crippen molar-refractivity contribution in [2.24, 2.45) is 0 Å². The molecule has 2 rings (SSSR count). The molecule has 0 unspecified atom stereocenters. The van der Waals surface area contributed by atoms with Crippen molar-refractivity contribution in [3.05, 3.63) is 58.0 Å². The zero-order valence-electron chi connectivity index (χ0n) is 13.0. The maximum Gasteiger partial charge on any atom is 0.321 e. The summed E-state index contributed by atoms with van der Waals surface area (Å²) in [6, 6.07) is 8.06. The highest BCUT2D eigenvalue weighted by Gasteiger charge is 2.16. The average Bonchev–Trinajstić information content (AvgIpc) is 3.04. The first-order valence-electron chi connectivity index (χ1n) is 7.34. The largest absolute Gasteiger partial charge is 0.467 e. The Kier molecular flexibility index (Phi) is 6.66. The lowest BCUT2D eigenvalue weighted by atomic mass is 10.1. The van der Waals surface area contributed by atoms with Gasteiger partial charge < -0.3 is 15.1 Å². The number of rotatable bonds is 6. The molecule has 1 heterocycles. The minimum atomic E-state index is -0.568. The molecule has 3 amide bonds. The van der Waals surface area contributed by atoms with E-state index < -0.39 is 11.9 Å². The van der Waals surface area contributed by atoms with Crippen molar-refractivity contribution < 1.29 is 19.3 Å². The third-order valence-electron chi connectivity index (χ3n) is 3.37.